The van der Waals surface area contributed by atoms with Gasteiger partial charge in [0, 0.05) is 11.4 Å². The van der Waals surface area contributed by atoms with Gasteiger partial charge in [-0.15, -0.1) is 0 Å². The molecule has 3 aromatic rings. The molecule has 1 atom stereocenters. The van der Waals surface area contributed by atoms with E-state index in [1.54, 1.807) is 0 Å². The highest BCUT2D eigenvalue weighted by atomic mass is 19.4. The second-order valence-corrected chi connectivity index (χ2v) is 8.95. The van der Waals surface area contributed by atoms with E-state index in [2.05, 4.69) is 5.32 Å². The summed E-state index contributed by atoms with van der Waals surface area (Å²) >= 11 is 0. The van der Waals surface area contributed by atoms with Crippen LogP contribution in [0.4, 0.5) is 50.9 Å². The second-order valence-electron chi connectivity index (χ2n) is 8.95. The van der Waals surface area contributed by atoms with Gasteiger partial charge in [0.05, 0.1) is 34.9 Å². The smallest absolute Gasteiger partial charge is 0.416 e. The number of rotatable bonds is 6. The van der Waals surface area contributed by atoms with Crippen molar-refractivity contribution in [2.75, 3.05) is 16.8 Å². The summed E-state index contributed by atoms with van der Waals surface area (Å²) in [7, 11) is 0. The van der Waals surface area contributed by atoms with Gasteiger partial charge < -0.3 is 10.1 Å². The lowest BCUT2D eigenvalue weighted by atomic mass is 9.97. The van der Waals surface area contributed by atoms with Crippen LogP contribution in [0.1, 0.15) is 35.2 Å². The molecular weight excluding hydrogens is 583 g/mol. The molecule has 0 spiro atoms. The van der Waals surface area contributed by atoms with Crippen molar-refractivity contribution in [2.24, 2.45) is 0 Å². The molecule has 1 aliphatic heterocycles. The number of carbonyl (C=O) groups is 2. The molecule has 0 radical (unpaired) electrons. The molecule has 5 nitrogen and oxygen atoms in total. The summed E-state index contributed by atoms with van der Waals surface area (Å²) in [6, 6.07) is 8.58. The first-order valence-electron chi connectivity index (χ1n) is 12.1. The molecule has 0 fully saturated rings. The Morgan fingerprint density at radius 2 is 1.17 bits per heavy atom. The minimum absolute atomic E-state index is 0.0245. The Morgan fingerprint density at radius 1 is 0.738 bits per heavy atom. The number of ether oxygens (including phenoxy) is 1. The van der Waals surface area contributed by atoms with Crippen molar-refractivity contribution in [2.45, 2.75) is 31.5 Å². The summed E-state index contributed by atoms with van der Waals surface area (Å²) in [5, 5.41) is 2.59. The van der Waals surface area contributed by atoms with Crippen LogP contribution in [0.15, 0.2) is 84.1 Å². The Morgan fingerprint density at radius 3 is 1.60 bits per heavy atom. The van der Waals surface area contributed by atoms with Crippen LogP contribution in [0.3, 0.4) is 0 Å². The number of benzene rings is 3. The molecular formula is C28H19F9N2O3. The normalized spacial score (nSPS) is 16.2. The fourth-order valence-corrected chi connectivity index (χ4v) is 4.30. The van der Waals surface area contributed by atoms with Crippen molar-refractivity contribution in [3.63, 3.8) is 0 Å². The van der Waals surface area contributed by atoms with Crippen LogP contribution in [0.2, 0.25) is 0 Å². The molecule has 0 bridgehead atoms. The highest BCUT2D eigenvalue weighted by molar-refractivity contribution is 6.18. The molecule has 42 heavy (non-hydrogen) atoms. The lowest BCUT2D eigenvalue weighted by Crippen LogP contribution is -2.32. The first-order chi connectivity index (χ1) is 19.5. The molecule has 1 heterocycles. The van der Waals surface area contributed by atoms with Crippen LogP contribution < -0.4 is 10.2 Å². The van der Waals surface area contributed by atoms with E-state index in [9.17, 15) is 49.1 Å². The number of nitrogens with zero attached hydrogens (tertiary/aromatic N) is 1. The Hall–Kier alpha value is -4.49. The molecule has 1 amide bonds. The number of hydrogen-bond acceptors (Lipinski definition) is 4. The second kappa shape index (κ2) is 11.1. The monoisotopic (exact) mass is 602 g/mol. The summed E-state index contributed by atoms with van der Waals surface area (Å²) in [6.07, 6.45) is -14.1. The minimum Gasteiger partial charge on any atom is -0.463 e. The van der Waals surface area contributed by atoms with E-state index in [4.69, 9.17) is 4.74 Å². The van der Waals surface area contributed by atoms with Gasteiger partial charge in [-0.05, 0) is 73.2 Å². The summed E-state index contributed by atoms with van der Waals surface area (Å²) in [5.74, 6) is -2.08. The maximum absolute atomic E-state index is 13.8. The Labute approximate surface area is 232 Å². The average molecular weight is 602 g/mol. The van der Waals surface area contributed by atoms with Crippen molar-refractivity contribution >= 4 is 23.3 Å². The van der Waals surface area contributed by atoms with Gasteiger partial charge in [-0.2, -0.15) is 39.5 Å². The van der Waals surface area contributed by atoms with Crippen LogP contribution in [0, 0.1) is 0 Å². The summed E-state index contributed by atoms with van der Waals surface area (Å²) in [6.45, 7) is 1.25. The lowest BCUT2D eigenvalue weighted by Gasteiger charge is -2.27. The molecule has 0 saturated carbocycles. The van der Waals surface area contributed by atoms with Crippen molar-refractivity contribution < 1.29 is 53.8 Å². The van der Waals surface area contributed by atoms with E-state index >= 15 is 0 Å². The molecule has 3 aromatic carbocycles. The minimum atomic E-state index is -4.72. The molecule has 222 valence electrons. The molecule has 0 aromatic heterocycles. The summed E-state index contributed by atoms with van der Waals surface area (Å²) in [5.41, 5.74) is -4.23. The number of amides is 1. The van der Waals surface area contributed by atoms with Crippen molar-refractivity contribution in [1.29, 1.82) is 0 Å². The summed E-state index contributed by atoms with van der Waals surface area (Å²) < 4.78 is 123. The average Bonchev–Trinajstić information content (AvgIpc) is 3.19. The Balaban J connectivity index is 1.87. The van der Waals surface area contributed by atoms with Crippen molar-refractivity contribution in [3.8, 4) is 0 Å². The largest absolute Gasteiger partial charge is 0.463 e. The molecule has 4 rings (SSSR count). The SMILES string of the molecule is CCOC(=O)C1=C(Nc2ccc(C(F)(F)F)cc2)C(=O)N(c2ccc(C(F)(F)F)cc2)C1c1ccc(C(F)(F)F)cc1. The first kappa shape index (κ1) is 30.5. The molecule has 14 heteroatoms. The fraction of sp³-hybridized carbons (Fsp3) is 0.214. The number of anilines is 2. The number of alkyl halides is 9. The zero-order chi connectivity index (χ0) is 31.0. The number of esters is 1. The number of hydrogen-bond donors (Lipinski definition) is 1. The maximum Gasteiger partial charge on any atom is 0.416 e. The van der Waals surface area contributed by atoms with E-state index in [0.29, 0.717) is 36.4 Å². The third kappa shape index (κ3) is 6.21. The highest BCUT2D eigenvalue weighted by Crippen LogP contribution is 2.44. The van der Waals surface area contributed by atoms with E-state index in [-0.39, 0.29) is 23.5 Å². The zero-order valence-electron chi connectivity index (χ0n) is 21.3. The van der Waals surface area contributed by atoms with Gasteiger partial charge in [0.1, 0.15) is 5.70 Å². The van der Waals surface area contributed by atoms with Gasteiger partial charge in [0.15, 0.2) is 0 Å². The molecule has 1 unspecified atom stereocenters. The van der Waals surface area contributed by atoms with Gasteiger partial charge in [0.25, 0.3) is 5.91 Å². The zero-order valence-corrected chi connectivity index (χ0v) is 21.3. The van der Waals surface area contributed by atoms with E-state index in [1.165, 1.54) is 6.92 Å². The van der Waals surface area contributed by atoms with Gasteiger partial charge in [0.2, 0.25) is 0 Å². The maximum atomic E-state index is 13.8. The first-order valence-corrected chi connectivity index (χ1v) is 12.1. The number of halogens is 9. The van der Waals surface area contributed by atoms with Crippen molar-refractivity contribution in [1.82, 2.24) is 0 Å². The third-order valence-corrected chi connectivity index (χ3v) is 6.24. The van der Waals surface area contributed by atoms with E-state index in [0.717, 1.165) is 41.3 Å². The highest BCUT2D eigenvalue weighted by Gasteiger charge is 2.46. The molecule has 1 aliphatic rings. The van der Waals surface area contributed by atoms with Gasteiger partial charge in [-0.1, -0.05) is 12.1 Å². The number of nitrogens with one attached hydrogen (secondary N) is 1. The van der Waals surface area contributed by atoms with E-state index in [1.807, 2.05) is 0 Å². The van der Waals surface area contributed by atoms with Crippen LogP contribution >= 0.6 is 0 Å². The van der Waals surface area contributed by atoms with Gasteiger partial charge in [-0.3, -0.25) is 9.69 Å². The standard InChI is InChI=1S/C28H19F9N2O3/c1-2-42-25(41)21-22(38-19-11-7-17(8-12-19)27(32,33)34)24(40)39(20-13-9-18(10-14-20)28(35,36)37)23(21)15-3-5-16(6-4-15)26(29,30)31/h3-14,23,38H,2H2,1H3. The van der Waals surface area contributed by atoms with Gasteiger partial charge in [-0.25, -0.2) is 4.79 Å². The Bertz CT molecular complexity index is 1490. The van der Waals surface area contributed by atoms with Crippen molar-refractivity contribution in [3.05, 3.63) is 106 Å². The fourth-order valence-electron chi connectivity index (χ4n) is 4.30. The lowest BCUT2D eigenvalue weighted by molar-refractivity contribution is -0.139. The summed E-state index contributed by atoms with van der Waals surface area (Å²) in [4.78, 5) is 27.8. The van der Waals surface area contributed by atoms with Crippen LogP contribution in [-0.2, 0) is 32.9 Å². The third-order valence-electron chi connectivity index (χ3n) is 6.24. The quantitative estimate of drug-likeness (QED) is 0.232. The van der Waals surface area contributed by atoms with Gasteiger partial charge >= 0.3 is 24.5 Å². The topological polar surface area (TPSA) is 58.6 Å². The molecule has 0 saturated heterocycles. The molecule has 1 N–H and O–H groups in total. The van der Waals surface area contributed by atoms with Crippen LogP contribution in [0.25, 0.3) is 0 Å². The van der Waals surface area contributed by atoms with E-state index < -0.39 is 64.4 Å². The predicted molar refractivity (Wildman–Crippen MR) is 132 cm³/mol. The van der Waals surface area contributed by atoms with Crippen LogP contribution in [0.5, 0.6) is 0 Å². The van der Waals surface area contributed by atoms with Crippen LogP contribution in [-0.4, -0.2) is 18.5 Å². The predicted octanol–water partition coefficient (Wildman–Crippen LogP) is 7.76. The molecule has 0 aliphatic carbocycles. The number of carbonyl (C=O) groups excluding carboxylic acids is 2. The Kier molecular flexibility index (Phi) is 8.03.